The molecule has 150 valence electrons. The van der Waals surface area contributed by atoms with E-state index in [-0.39, 0.29) is 18.2 Å². The number of hydrogen-bond acceptors (Lipinski definition) is 3. The number of aromatic amines is 1. The molecule has 1 aliphatic rings. The third kappa shape index (κ3) is 3.83. The second-order valence-electron chi connectivity index (χ2n) is 8.14. The van der Waals surface area contributed by atoms with Crippen LogP contribution in [-0.2, 0) is 16.0 Å². The molecule has 0 bridgehead atoms. The smallest absolute Gasteiger partial charge is 0.251 e. The average molecular weight is 389 g/mol. The number of H-pyrrole nitrogens is 1. The molecular weight excluding hydrogens is 362 g/mol. The maximum atomic E-state index is 12.8. The molecule has 2 amide bonds. The van der Waals surface area contributed by atoms with E-state index < -0.39 is 6.04 Å². The lowest BCUT2D eigenvalue weighted by Gasteiger charge is -2.16. The van der Waals surface area contributed by atoms with E-state index in [0.717, 1.165) is 11.9 Å². The van der Waals surface area contributed by atoms with Crippen molar-refractivity contribution in [3.63, 3.8) is 0 Å². The van der Waals surface area contributed by atoms with Gasteiger partial charge in [-0.3, -0.25) is 9.59 Å². The van der Waals surface area contributed by atoms with E-state index in [2.05, 4.69) is 49.3 Å². The maximum absolute atomic E-state index is 12.8. The van der Waals surface area contributed by atoms with Gasteiger partial charge in [-0.2, -0.15) is 0 Å². The minimum absolute atomic E-state index is 0.146. The molecule has 4 rings (SSSR count). The number of imide groups is 1. The quantitative estimate of drug-likeness (QED) is 0.625. The molecule has 0 aliphatic carbocycles. The van der Waals surface area contributed by atoms with Gasteiger partial charge in [-0.25, -0.2) is 4.90 Å². The van der Waals surface area contributed by atoms with Crippen molar-refractivity contribution in [2.75, 3.05) is 11.4 Å². The zero-order valence-corrected chi connectivity index (χ0v) is 17.2. The van der Waals surface area contributed by atoms with Gasteiger partial charge in [-0.05, 0) is 54.7 Å². The molecule has 5 heteroatoms. The Kier molecular flexibility index (Phi) is 5.24. The summed E-state index contributed by atoms with van der Waals surface area (Å²) in [6, 6.07) is 13.6. The number of nitrogens with zero attached hydrogens (tertiary/aromatic N) is 1. The number of nitrogens with one attached hydrogen (secondary N) is 2. The Morgan fingerprint density at radius 1 is 1.14 bits per heavy atom. The fourth-order valence-corrected chi connectivity index (χ4v) is 3.95. The summed E-state index contributed by atoms with van der Waals surface area (Å²) in [4.78, 5) is 29.9. The summed E-state index contributed by atoms with van der Waals surface area (Å²) in [5, 5.41) is 4.50. The van der Waals surface area contributed by atoms with Crippen LogP contribution in [0.1, 0.15) is 42.9 Å². The van der Waals surface area contributed by atoms with Gasteiger partial charge in [0.1, 0.15) is 0 Å². The molecule has 1 aromatic heterocycles. The fraction of sp³-hybridized carbons (Fsp3) is 0.333. The minimum atomic E-state index is -0.459. The number of carbonyl (C=O) groups is 2. The van der Waals surface area contributed by atoms with Crippen LogP contribution in [0.3, 0.4) is 0 Å². The van der Waals surface area contributed by atoms with Crippen LogP contribution in [0.25, 0.3) is 10.9 Å². The van der Waals surface area contributed by atoms with Crippen molar-refractivity contribution in [1.29, 1.82) is 0 Å². The third-order valence-corrected chi connectivity index (χ3v) is 5.67. The highest BCUT2D eigenvalue weighted by Crippen LogP contribution is 2.25. The lowest BCUT2D eigenvalue weighted by atomic mass is 10.0. The fourth-order valence-electron chi connectivity index (χ4n) is 3.95. The van der Waals surface area contributed by atoms with Crippen molar-refractivity contribution < 1.29 is 9.59 Å². The first-order chi connectivity index (χ1) is 13.9. The van der Waals surface area contributed by atoms with Gasteiger partial charge in [-0.1, -0.05) is 37.6 Å². The van der Waals surface area contributed by atoms with Crippen LogP contribution in [-0.4, -0.2) is 29.4 Å². The van der Waals surface area contributed by atoms with Gasteiger partial charge in [0.2, 0.25) is 5.91 Å². The number of anilines is 1. The summed E-state index contributed by atoms with van der Waals surface area (Å²) < 4.78 is 0. The lowest BCUT2D eigenvalue weighted by molar-refractivity contribution is -0.121. The number of rotatable bonds is 6. The van der Waals surface area contributed by atoms with Crippen molar-refractivity contribution in [2.45, 2.75) is 45.6 Å². The molecule has 5 nitrogen and oxygen atoms in total. The zero-order valence-electron chi connectivity index (χ0n) is 17.2. The molecule has 1 aliphatic heterocycles. The number of amides is 2. The Balaban J connectivity index is 1.40. The summed E-state index contributed by atoms with van der Waals surface area (Å²) in [6.07, 6.45) is 3.03. The Labute approximate surface area is 171 Å². The Bertz CT molecular complexity index is 1050. The summed E-state index contributed by atoms with van der Waals surface area (Å²) >= 11 is 0. The molecule has 2 heterocycles. The van der Waals surface area contributed by atoms with Crippen LogP contribution in [0.4, 0.5) is 5.69 Å². The van der Waals surface area contributed by atoms with Gasteiger partial charge in [-0.15, -0.1) is 0 Å². The molecule has 1 saturated heterocycles. The molecule has 0 saturated carbocycles. The van der Waals surface area contributed by atoms with Gasteiger partial charge in [0.25, 0.3) is 5.91 Å². The number of fused-ring (bicyclic) bond motifs is 1. The van der Waals surface area contributed by atoms with Crippen molar-refractivity contribution in [3.05, 3.63) is 65.4 Å². The highest BCUT2D eigenvalue weighted by Gasteiger charge is 2.39. The van der Waals surface area contributed by atoms with Gasteiger partial charge >= 0.3 is 0 Å². The van der Waals surface area contributed by atoms with Crippen LogP contribution in [0, 0.1) is 6.92 Å². The largest absolute Gasteiger partial charge is 0.361 e. The van der Waals surface area contributed by atoms with E-state index in [1.54, 1.807) is 0 Å². The minimum Gasteiger partial charge on any atom is -0.361 e. The first-order valence-electron chi connectivity index (χ1n) is 10.2. The highest BCUT2D eigenvalue weighted by molar-refractivity contribution is 6.22. The molecule has 0 radical (unpaired) electrons. The van der Waals surface area contributed by atoms with Crippen molar-refractivity contribution in [3.8, 4) is 0 Å². The van der Waals surface area contributed by atoms with Crippen LogP contribution in [0.2, 0.25) is 0 Å². The van der Waals surface area contributed by atoms with E-state index in [4.69, 9.17) is 0 Å². The number of benzene rings is 2. The normalized spacial score (nSPS) is 17.1. The molecule has 2 N–H and O–H groups in total. The van der Waals surface area contributed by atoms with E-state index in [1.807, 2.05) is 30.5 Å². The summed E-state index contributed by atoms with van der Waals surface area (Å²) in [5.74, 6) is 0.103. The Morgan fingerprint density at radius 3 is 2.62 bits per heavy atom. The van der Waals surface area contributed by atoms with E-state index in [0.29, 0.717) is 18.2 Å². The van der Waals surface area contributed by atoms with E-state index in [1.165, 1.54) is 27.0 Å². The molecule has 2 aromatic carbocycles. The average Bonchev–Trinajstić information content (AvgIpc) is 3.22. The van der Waals surface area contributed by atoms with Crippen LogP contribution in [0.15, 0.2) is 48.7 Å². The lowest BCUT2D eigenvalue weighted by Crippen LogP contribution is -2.39. The van der Waals surface area contributed by atoms with Gasteiger partial charge in [0.15, 0.2) is 0 Å². The Morgan fingerprint density at radius 2 is 1.90 bits per heavy atom. The summed E-state index contributed by atoms with van der Waals surface area (Å²) in [5.41, 5.74) is 5.40. The maximum Gasteiger partial charge on any atom is 0.251 e. The van der Waals surface area contributed by atoms with Gasteiger partial charge < -0.3 is 10.3 Å². The number of aromatic nitrogens is 1. The number of carbonyl (C=O) groups excluding carboxylic acids is 2. The SMILES string of the molecule is Cc1ccc2[nH]cc(CCN[C@@H]3CC(=O)N(c4ccc(C(C)C)cc4)C3=O)c2c1. The van der Waals surface area contributed by atoms with Crippen molar-refractivity contribution in [2.24, 2.45) is 0 Å². The standard InChI is InChI=1S/C24H27N3O2/c1-15(2)17-5-7-19(8-6-17)27-23(28)13-22(24(27)29)25-11-10-18-14-26-21-9-4-16(3)12-20(18)21/h4-9,12,14-15,22,25-26H,10-11,13H2,1-3H3/t22-/m1/s1. The number of hydrogen-bond donors (Lipinski definition) is 2. The summed E-state index contributed by atoms with van der Waals surface area (Å²) in [6.45, 7) is 6.97. The molecule has 3 aromatic rings. The molecule has 0 spiro atoms. The first kappa shape index (κ1) is 19.4. The topological polar surface area (TPSA) is 65.2 Å². The van der Waals surface area contributed by atoms with Crippen LogP contribution >= 0.6 is 0 Å². The van der Waals surface area contributed by atoms with Gasteiger partial charge in [0.05, 0.1) is 18.2 Å². The van der Waals surface area contributed by atoms with Crippen molar-refractivity contribution in [1.82, 2.24) is 10.3 Å². The molecular formula is C24H27N3O2. The van der Waals surface area contributed by atoms with Crippen molar-refractivity contribution >= 4 is 28.4 Å². The third-order valence-electron chi connectivity index (χ3n) is 5.67. The van der Waals surface area contributed by atoms with E-state index >= 15 is 0 Å². The van der Waals surface area contributed by atoms with Crippen LogP contribution in [0.5, 0.6) is 0 Å². The zero-order chi connectivity index (χ0) is 20.5. The van der Waals surface area contributed by atoms with Gasteiger partial charge in [0, 0.05) is 23.6 Å². The van der Waals surface area contributed by atoms with Crippen LogP contribution < -0.4 is 10.2 Å². The van der Waals surface area contributed by atoms with E-state index in [9.17, 15) is 9.59 Å². The molecule has 1 atom stereocenters. The molecule has 0 unspecified atom stereocenters. The predicted molar refractivity (Wildman–Crippen MR) is 116 cm³/mol. The molecule has 29 heavy (non-hydrogen) atoms. The second kappa shape index (κ2) is 7.84. The highest BCUT2D eigenvalue weighted by atomic mass is 16.2. The number of aryl methyl sites for hydroxylation is 1. The molecule has 1 fully saturated rings. The monoisotopic (exact) mass is 389 g/mol. The second-order valence-corrected chi connectivity index (χ2v) is 8.14. The summed E-state index contributed by atoms with van der Waals surface area (Å²) in [7, 11) is 0. The Hall–Kier alpha value is -2.92. The predicted octanol–water partition coefficient (Wildman–Crippen LogP) is 4.06. The first-order valence-corrected chi connectivity index (χ1v) is 10.2.